The minimum absolute atomic E-state index is 0.310. The van der Waals surface area contributed by atoms with E-state index in [9.17, 15) is 9.59 Å². The van der Waals surface area contributed by atoms with Gasteiger partial charge in [0.25, 0.3) is 5.91 Å². The third kappa shape index (κ3) is 4.32. The van der Waals surface area contributed by atoms with E-state index in [2.05, 4.69) is 4.98 Å². The van der Waals surface area contributed by atoms with E-state index in [0.717, 1.165) is 10.5 Å². The average molecular weight is 302 g/mol. The number of hydrogen-bond donors (Lipinski definition) is 1. The number of rotatable bonds is 5. The molecule has 2 aromatic rings. The first-order chi connectivity index (χ1) is 10.1. The first-order valence-electron chi connectivity index (χ1n) is 6.21. The molecular weight excluding hydrogens is 288 g/mol. The van der Waals surface area contributed by atoms with Crippen LogP contribution in [0.5, 0.6) is 0 Å². The monoisotopic (exact) mass is 302 g/mol. The summed E-state index contributed by atoms with van der Waals surface area (Å²) >= 11 is 1.36. The second-order valence-corrected chi connectivity index (χ2v) is 5.38. The second-order valence-electron chi connectivity index (χ2n) is 4.31. The summed E-state index contributed by atoms with van der Waals surface area (Å²) in [7, 11) is 0. The Morgan fingerprint density at radius 2 is 1.95 bits per heavy atom. The van der Waals surface area contributed by atoms with E-state index in [1.54, 1.807) is 18.3 Å². The Morgan fingerprint density at radius 3 is 2.62 bits per heavy atom. The van der Waals surface area contributed by atoms with E-state index in [1.165, 1.54) is 11.8 Å². The Kier molecular flexibility index (Phi) is 4.94. The highest BCUT2D eigenvalue weighted by Crippen LogP contribution is 2.29. The van der Waals surface area contributed by atoms with Gasteiger partial charge in [-0.2, -0.15) is 0 Å². The molecule has 0 aliphatic rings. The number of nitrogens with two attached hydrogens (primary N) is 1. The van der Waals surface area contributed by atoms with Crippen molar-refractivity contribution in [3.63, 3.8) is 0 Å². The number of aryl methyl sites for hydroxylation is 1. The number of carbonyl (C=O) groups excluding carboxylic acids is 2. The zero-order valence-corrected chi connectivity index (χ0v) is 12.2. The number of hydrogen-bond acceptors (Lipinski definition) is 5. The number of carbonyl (C=O) groups is 2. The quantitative estimate of drug-likeness (QED) is 0.856. The van der Waals surface area contributed by atoms with E-state index < -0.39 is 18.5 Å². The molecule has 2 rings (SSSR count). The predicted octanol–water partition coefficient (Wildman–Crippen LogP) is 2.18. The molecule has 0 fully saturated rings. The fraction of sp³-hybridized carbons (Fsp3) is 0.133. The fourth-order valence-electron chi connectivity index (χ4n) is 1.56. The maximum Gasteiger partial charge on any atom is 0.341 e. The van der Waals surface area contributed by atoms with Gasteiger partial charge in [-0.3, -0.25) is 4.79 Å². The van der Waals surface area contributed by atoms with Crippen LogP contribution in [-0.2, 0) is 9.53 Å². The van der Waals surface area contributed by atoms with E-state index in [1.807, 2.05) is 31.2 Å². The smallest absolute Gasteiger partial charge is 0.341 e. The molecule has 2 N–H and O–H groups in total. The van der Waals surface area contributed by atoms with Crippen LogP contribution in [0.1, 0.15) is 15.9 Å². The van der Waals surface area contributed by atoms with Crippen LogP contribution in [0.15, 0.2) is 52.5 Å². The van der Waals surface area contributed by atoms with Gasteiger partial charge < -0.3 is 10.5 Å². The van der Waals surface area contributed by atoms with Gasteiger partial charge >= 0.3 is 5.97 Å². The molecule has 0 radical (unpaired) electrons. The van der Waals surface area contributed by atoms with Crippen molar-refractivity contribution in [3.05, 3.63) is 53.7 Å². The first kappa shape index (κ1) is 15.1. The number of pyridine rings is 1. The molecule has 1 heterocycles. The lowest BCUT2D eigenvalue weighted by Crippen LogP contribution is -2.21. The summed E-state index contributed by atoms with van der Waals surface area (Å²) in [4.78, 5) is 27.7. The summed E-state index contributed by atoms with van der Waals surface area (Å²) in [5, 5.41) is 0.524. The number of ether oxygens (including phenoxy) is 1. The molecule has 0 unspecified atom stereocenters. The molecule has 0 aliphatic carbocycles. The van der Waals surface area contributed by atoms with Crippen LogP contribution in [-0.4, -0.2) is 23.5 Å². The normalized spacial score (nSPS) is 10.1. The third-order valence-corrected chi connectivity index (χ3v) is 3.60. The fourth-order valence-corrected chi connectivity index (χ4v) is 2.43. The van der Waals surface area contributed by atoms with Gasteiger partial charge in [0.2, 0.25) is 0 Å². The van der Waals surface area contributed by atoms with Gasteiger partial charge in [-0.15, -0.1) is 0 Å². The molecule has 1 amide bonds. The molecular formula is C15H14N2O3S. The molecule has 0 saturated heterocycles. The van der Waals surface area contributed by atoms with Gasteiger partial charge in [-0.05, 0) is 31.2 Å². The summed E-state index contributed by atoms with van der Waals surface area (Å²) in [5.41, 5.74) is 6.42. The van der Waals surface area contributed by atoms with E-state index in [0.29, 0.717) is 10.6 Å². The van der Waals surface area contributed by atoms with Crippen LogP contribution in [0, 0.1) is 6.92 Å². The zero-order valence-electron chi connectivity index (χ0n) is 11.4. The van der Waals surface area contributed by atoms with Crippen molar-refractivity contribution in [3.8, 4) is 0 Å². The molecule has 0 atom stereocenters. The number of primary amides is 1. The summed E-state index contributed by atoms with van der Waals surface area (Å²) < 4.78 is 4.82. The average Bonchev–Trinajstić information content (AvgIpc) is 2.48. The van der Waals surface area contributed by atoms with Gasteiger partial charge in [0.05, 0.1) is 5.56 Å². The Bertz CT molecular complexity index is 656. The van der Waals surface area contributed by atoms with Crippen LogP contribution < -0.4 is 5.73 Å². The zero-order chi connectivity index (χ0) is 15.2. The maximum atomic E-state index is 11.9. The van der Waals surface area contributed by atoms with Crippen LogP contribution in [0.4, 0.5) is 0 Å². The number of esters is 1. The highest BCUT2D eigenvalue weighted by molar-refractivity contribution is 7.99. The SMILES string of the molecule is Cc1ccc(Sc2ncccc2C(=O)OCC(N)=O)cc1. The van der Waals surface area contributed by atoms with Crippen molar-refractivity contribution in [2.45, 2.75) is 16.8 Å². The molecule has 6 heteroatoms. The van der Waals surface area contributed by atoms with Crippen molar-refractivity contribution < 1.29 is 14.3 Å². The maximum absolute atomic E-state index is 11.9. The summed E-state index contributed by atoms with van der Waals surface area (Å²) in [6.07, 6.45) is 1.60. The highest BCUT2D eigenvalue weighted by Gasteiger charge is 2.15. The van der Waals surface area contributed by atoms with Crippen molar-refractivity contribution in [1.29, 1.82) is 0 Å². The molecule has 0 bridgehead atoms. The van der Waals surface area contributed by atoms with Crippen molar-refractivity contribution in [2.75, 3.05) is 6.61 Å². The number of amides is 1. The van der Waals surface area contributed by atoms with Crippen molar-refractivity contribution in [2.24, 2.45) is 5.73 Å². The molecule has 5 nitrogen and oxygen atoms in total. The van der Waals surface area contributed by atoms with Crippen molar-refractivity contribution in [1.82, 2.24) is 4.98 Å². The minimum atomic E-state index is -0.694. The van der Waals surface area contributed by atoms with Crippen LogP contribution in [0.25, 0.3) is 0 Å². The Hall–Kier alpha value is -2.34. The topological polar surface area (TPSA) is 82.3 Å². The lowest BCUT2D eigenvalue weighted by atomic mass is 10.2. The van der Waals surface area contributed by atoms with Crippen LogP contribution in [0.2, 0.25) is 0 Å². The van der Waals surface area contributed by atoms with Gasteiger partial charge in [-0.1, -0.05) is 29.5 Å². The highest BCUT2D eigenvalue weighted by atomic mass is 32.2. The largest absolute Gasteiger partial charge is 0.452 e. The van der Waals surface area contributed by atoms with Crippen molar-refractivity contribution >= 4 is 23.6 Å². The van der Waals surface area contributed by atoms with E-state index in [4.69, 9.17) is 10.5 Å². The first-order valence-corrected chi connectivity index (χ1v) is 7.03. The standard InChI is InChI=1S/C15H14N2O3S/c1-10-4-6-11(7-5-10)21-14-12(3-2-8-17-14)15(19)20-9-13(16)18/h2-8H,9H2,1H3,(H2,16,18). The lowest BCUT2D eigenvalue weighted by Gasteiger charge is -2.07. The second kappa shape index (κ2) is 6.90. The van der Waals surface area contributed by atoms with E-state index in [-0.39, 0.29) is 0 Å². The number of aromatic nitrogens is 1. The summed E-state index contributed by atoms with van der Waals surface area (Å²) in [6.45, 7) is 1.56. The molecule has 108 valence electrons. The van der Waals surface area contributed by atoms with Gasteiger partial charge in [0.1, 0.15) is 5.03 Å². The number of nitrogens with zero attached hydrogens (tertiary/aromatic N) is 1. The Morgan fingerprint density at radius 1 is 1.24 bits per heavy atom. The summed E-state index contributed by atoms with van der Waals surface area (Å²) in [6, 6.07) is 11.1. The third-order valence-electron chi connectivity index (χ3n) is 2.57. The molecule has 0 saturated carbocycles. The minimum Gasteiger partial charge on any atom is -0.452 e. The van der Waals surface area contributed by atoms with Crippen LogP contribution >= 0.6 is 11.8 Å². The van der Waals surface area contributed by atoms with E-state index >= 15 is 0 Å². The Labute approximate surface area is 126 Å². The molecule has 0 spiro atoms. The van der Waals surface area contributed by atoms with Crippen LogP contribution in [0.3, 0.4) is 0 Å². The lowest BCUT2D eigenvalue weighted by molar-refractivity contribution is -0.121. The molecule has 1 aromatic carbocycles. The van der Waals surface area contributed by atoms with Gasteiger partial charge in [0, 0.05) is 11.1 Å². The Balaban J connectivity index is 2.18. The predicted molar refractivity (Wildman–Crippen MR) is 79.0 cm³/mol. The summed E-state index contributed by atoms with van der Waals surface area (Å²) in [5.74, 6) is -1.31. The van der Waals surface area contributed by atoms with Gasteiger partial charge in [-0.25, -0.2) is 9.78 Å². The molecule has 1 aromatic heterocycles. The number of benzene rings is 1. The molecule has 21 heavy (non-hydrogen) atoms. The molecule has 0 aliphatic heterocycles. The van der Waals surface area contributed by atoms with Gasteiger partial charge in [0.15, 0.2) is 6.61 Å².